The van der Waals surface area contributed by atoms with Gasteiger partial charge in [0.2, 0.25) is 0 Å². The number of hydrogen-bond acceptors (Lipinski definition) is 0. The van der Waals surface area contributed by atoms with E-state index in [0.717, 1.165) is 24.3 Å². The Morgan fingerprint density at radius 1 is 0.650 bits per heavy atom. The van der Waals surface area contributed by atoms with Crippen molar-refractivity contribution in [2.75, 3.05) is 0 Å². The van der Waals surface area contributed by atoms with Gasteiger partial charge in [-0.1, -0.05) is 30.3 Å². The van der Waals surface area contributed by atoms with Crippen LogP contribution in [-0.2, 0) is 12.4 Å². The zero-order valence-corrected chi connectivity index (χ0v) is 9.89. The summed E-state index contributed by atoms with van der Waals surface area (Å²) in [6.07, 6.45) is -9.21. The number of alkyl halides is 6. The van der Waals surface area contributed by atoms with Gasteiger partial charge in [-0.15, -0.1) is 0 Å². The van der Waals surface area contributed by atoms with E-state index in [9.17, 15) is 26.3 Å². The fourth-order valence-electron chi connectivity index (χ4n) is 1.85. The van der Waals surface area contributed by atoms with Gasteiger partial charge in [-0.2, -0.15) is 26.3 Å². The quantitative estimate of drug-likeness (QED) is 0.618. The van der Waals surface area contributed by atoms with Crippen molar-refractivity contribution < 1.29 is 26.3 Å². The molecule has 2 rings (SSSR count). The Morgan fingerprint density at radius 2 is 1.30 bits per heavy atom. The molecule has 106 valence electrons. The summed E-state index contributed by atoms with van der Waals surface area (Å²) in [6, 6.07) is 8.38. The van der Waals surface area contributed by atoms with Crippen LogP contribution in [-0.4, -0.2) is 0 Å². The van der Waals surface area contributed by atoms with Crippen LogP contribution in [0, 0.1) is 0 Å². The summed E-state index contributed by atoms with van der Waals surface area (Å²) in [6.45, 7) is 0. The van der Waals surface area contributed by atoms with Crippen LogP contribution >= 0.6 is 0 Å². The standard InChI is InChI=1S/C14H8F6/c15-13(16,17)10-5-3-4-9(8-10)11-6-1-2-7-12(11)14(18,19)20/h1-8H. The summed E-state index contributed by atoms with van der Waals surface area (Å²) in [5.74, 6) is 0. The van der Waals surface area contributed by atoms with Gasteiger partial charge in [-0.05, 0) is 29.3 Å². The van der Waals surface area contributed by atoms with Gasteiger partial charge < -0.3 is 0 Å². The number of rotatable bonds is 1. The van der Waals surface area contributed by atoms with Gasteiger partial charge in [-0.3, -0.25) is 0 Å². The topological polar surface area (TPSA) is 0 Å². The van der Waals surface area contributed by atoms with Gasteiger partial charge in [0, 0.05) is 0 Å². The van der Waals surface area contributed by atoms with E-state index in [1.165, 1.54) is 18.2 Å². The van der Waals surface area contributed by atoms with Crippen molar-refractivity contribution in [2.24, 2.45) is 0 Å². The maximum atomic E-state index is 12.8. The van der Waals surface area contributed by atoms with Crippen LogP contribution in [0.2, 0.25) is 0 Å². The first-order valence-corrected chi connectivity index (χ1v) is 5.53. The van der Waals surface area contributed by atoms with Crippen LogP contribution in [0.3, 0.4) is 0 Å². The van der Waals surface area contributed by atoms with Gasteiger partial charge in [0.25, 0.3) is 0 Å². The second-order valence-corrected chi connectivity index (χ2v) is 4.12. The third-order valence-electron chi connectivity index (χ3n) is 2.73. The molecule has 0 saturated carbocycles. The molecule has 0 atom stereocenters. The van der Waals surface area contributed by atoms with E-state index in [2.05, 4.69) is 0 Å². The summed E-state index contributed by atoms with van der Waals surface area (Å²) in [7, 11) is 0. The molecule has 0 amide bonds. The molecular weight excluding hydrogens is 282 g/mol. The van der Waals surface area contributed by atoms with Gasteiger partial charge in [0.05, 0.1) is 11.1 Å². The smallest absolute Gasteiger partial charge is 0.166 e. The SMILES string of the molecule is FC(F)(F)c1cccc(-c2ccccc2C(F)(F)F)c1. The lowest BCUT2D eigenvalue weighted by Crippen LogP contribution is -2.08. The minimum Gasteiger partial charge on any atom is -0.166 e. The molecule has 2 aromatic carbocycles. The second kappa shape index (κ2) is 4.85. The number of hydrogen-bond donors (Lipinski definition) is 0. The van der Waals surface area contributed by atoms with Gasteiger partial charge >= 0.3 is 12.4 Å². The molecule has 0 heterocycles. The fourth-order valence-corrected chi connectivity index (χ4v) is 1.85. The summed E-state index contributed by atoms with van der Waals surface area (Å²) in [5.41, 5.74) is -2.33. The largest absolute Gasteiger partial charge is 0.417 e. The number of benzene rings is 2. The second-order valence-electron chi connectivity index (χ2n) is 4.12. The van der Waals surface area contributed by atoms with Crippen molar-refractivity contribution in [3.8, 4) is 11.1 Å². The van der Waals surface area contributed by atoms with Crippen molar-refractivity contribution in [3.05, 3.63) is 59.7 Å². The first-order valence-electron chi connectivity index (χ1n) is 5.53. The Morgan fingerprint density at radius 3 is 1.90 bits per heavy atom. The van der Waals surface area contributed by atoms with E-state index in [1.54, 1.807) is 0 Å². The van der Waals surface area contributed by atoms with Crippen LogP contribution in [0.5, 0.6) is 0 Å². The molecule has 0 aliphatic heterocycles. The summed E-state index contributed by atoms with van der Waals surface area (Å²) in [5, 5.41) is 0. The highest BCUT2D eigenvalue weighted by Gasteiger charge is 2.34. The molecule has 6 heteroatoms. The molecule has 0 saturated heterocycles. The molecule has 0 bridgehead atoms. The summed E-state index contributed by atoms with van der Waals surface area (Å²) < 4.78 is 76.3. The molecule has 0 spiro atoms. The van der Waals surface area contributed by atoms with E-state index in [1.807, 2.05) is 0 Å². The van der Waals surface area contributed by atoms with Gasteiger partial charge in [-0.25, -0.2) is 0 Å². The van der Waals surface area contributed by atoms with Crippen molar-refractivity contribution in [3.63, 3.8) is 0 Å². The molecular formula is C14H8F6. The van der Waals surface area contributed by atoms with Crippen LogP contribution in [0.25, 0.3) is 11.1 Å². The average Bonchev–Trinajstić information content (AvgIpc) is 2.37. The van der Waals surface area contributed by atoms with Crippen LogP contribution in [0.15, 0.2) is 48.5 Å². The third-order valence-corrected chi connectivity index (χ3v) is 2.73. The molecule has 0 aliphatic carbocycles. The maximum absolute atomic E-state index is 12.8. The Bertz CT molecular complexity index is 610. The van der Waals surface area contributed by atoms with Crippen molar-refractivity contribution in [2.45, 2.75) is 12.4 Å². The zero-order chi connectivity index (χ0) is 15.0. The van der Waals surface area contributed by atoms with E-state index in [0.29, 0.717) is 6.07 Å². The van der Waals surface area contributed by atoms with E-state index in [-0.39, 0.29) is 11.1 Å². The minimum atomic E-state index is -4.62. The Balaban J connectivity index is 2.59. The lowest BCUT2D eigenvalue weighted by atomic mass is 9.97. The average molecular weight is 290 g/mol. The Kier molecular flexibility index (Phi) is 3.50. The van der Waals surface area contributed by atoms with E-state index >= 15 is 0 Å². The third kappa shape index (κ3) is 2.95. The molecule has 0 unspecified atom stereocenters. The van der Waals surface area contributed by atoms with Crippen molar-refractivity contribution >= 4 is 0 Å². The van der Waals surface area contributed by atoms with Gasteiger partial charge in [0.15, 0.2) is 0 Å². The molecule has 0 N–H and O–H groups in total. The number of halogens is 6. The summed E-state index contributed by atoms with van der Waals surface area (Å²) in [4.78, 5) is 0. The molecule has 20 heavy (non-hydrogen) atoms. The van der Waals surface area contributed by atoms with Crippen LogP contribution in [0.1, 0.15) is 11.1 Å². The molecule has 2 aromatic rings. The summed E-state index contributed by atoms with van der Waals surface area (Å²) >= 11 is 0. The van der Waals surface area contributed by atoms with Crippen LogP contribution < -0.4 is 0 Å². The van der Waals surface area contributed by atoms with Crippen molar-refractivity contribution in [1.29, 1.82) is 0 Å². The molecule has 0 nitrogen and oxygen atoms in total. The molecule has 0 aromatic heterocycles. The maximum Gasteiger partial charge on any atom is 0.417 e. The highest BCUT2D eigenvalue weighted by atomic mass is 19.4. The molecule has 0 radical (unpaired) electrons. The van der Waals surface area contributed by atoms with Gasteiger partial charge in [0.1, 0.15) is 0 Å². The normalized spacial score (nSPS) is 12.5. The van der Waals surface area contributed by atoms with Crippen LogP contribution in [0.4, 0.5) is 26.3 Å². The highest BCUT2D eigenvalue weighted by molar-refractivity contribution is 5.68. The Hall–Kier alpha value is -1.98. The fraction of sp³-hybridized carbons (Fsp3) is 0.143. The monoisotopic (exact) mass is 290 g/mol. The zero-order valence-electron chi connectivity index (χ0n) is 9.89. The highest BCUT2D eigenvalue weighted by Crippen LogP contribution is 2.38. The first kappa shape index (κ1) is 14.4. The lowest BCUT2D eigenvalue weighted by Gasteiger charge is -2.14. The minimum absolute atomic E-state index is 0.118. The lowest BCUT2D eigenvalue weighted by molar-refractivity contribution is -0.137. The first-order chi connectivity index (χ1) is 9.19. The predicted octanol–water partition coefficient (Wildman–Crippen LogP) is 5.39. The predicted molar refractivity (Wildman–Crippen MR) is 61.9 cm³/mol. The molecule has 0 fully saturated rings. The Labute approximate surface area is 110 Å². The van der Waals surface area contributed by atoms with E-state index in [4.69, 9.17) is 0 Å². The molecule has 0 aliphatic rings. The van der Waals surface area contributed by atoms with Crippen molar-refractivity contribution in [1.82, 2.24) is 0 Å². The van der Waals surface area contributed by atoms with E-state index < -0.39 is 23.5 Å².